The zero-order valence-corrected chi connectivity index (χ0v) is 7.31. The molecule has 0 aromatic rings. The van der Waals surface area contributed by atoms with E-state index in [0.717, 1.165) is 12.8 Å². The van der Waals surface area contributed by atoms with Crippen molar-refractivity contribution in [2.24, 2.45) is 11.7 Å². The quantitative estimate of drug-likeness (QED) is 0.731. The Morgan fingerprint density at radius 2 is 2.15 bits per heavy atom. The molecule has 0 spiro atoms. The van der Waals surface area contributed by atoms with Gasteiger partial charge in [-0.3, -0.25) is 0 Å². The van der Waals surface area contributed by atoms with Gasteiger partial charge in [0.1, 0.15) is 0 Å². The lowest BCUT2D eigenvalue weighted by atomic mass is 9.92. The molecule has 78 valence electrons. The predicted octanol–water partition coefficient (Wildman–Crippen LogP) is 1.69. The molecule has 0 saturated carbocycles. The molecule has 1 rings (SSSR count). The van der Waals surface area contributed by atoms with E-state index in [4.69, 9.17) is 10.5 Å². The van der Waals surface area contributed by atoms with Crippen LogP contribution < -0.4 is 5.73 Å². The lowest BCUT2D eigenvalue weighted by Crippen LogP contribution is -2.39. The monoisotopic (exact) mass is 197 g/mol. The first-order valence-corrected chi connectivity index (χ1v) is 4.39. The third kappa shape index (κ3) is 3.95. The molecule has 1 fully saturated rings. The Hall–Kier alpha value is -0.290. The number of hydrogen-bond acceptors (Lipinski definition) is 2. The summed E-state index contributed by atoms with van der Waals surface area (Å²) >= 11 is 0. The molecule has 13 heavy (non-hydrogen) atoms. The molecule has 2 nitrogen and oxygen atoms in total. The van der Waals surface area contributed by atoms with Gasteiger partial charge in [0, 0.05) is 12.6 Å². The van der Waals surface area contributed by atoms with Crippen LogP contribution in [0.5, 0.6) is 0 Å². The van der Waals surface area contributed by atoms with Crippen molar-refractivity contribution in [2.75, 3.05) is 13.2 Å². The smallest absolute Gasteiger partial charge is 0.381 e. The maximum absolute atomic E-state index is 11.9. The molecule has 0 aromatic heterocycles. The van der Waals surface area contributed by atoms with E-state index in [2.05, 4.69) is 0 Å². The SMILES string of the molecule is NC(CC(F)(F)F)C1CCCOC1. The van der Waals surface area contributed by atoms with Crippen molar-refractivity contribution in [3.8, 4) is 0 Å². The summed E-state index contributed by atoms with van der Waals surface area (Å²) in [6.07, 6.45) is -3.49. The summed E-state index contributed by atoms with van der Waals surface area (Å²) < 4.78 is 40.9. The fourth-order valence-corrected chi connectivity index (χ4v) is 1.54. The van der Waals surface area contributed by atoms with E-state index in [-0.39, 0.29) is 5.92 Å². The third-order valence-corrected chi connectivity index (χ3v) is 2.27. The van der Waals surface area contributed by atoms with Crippen molar-refractivity contribution in [3.05, 3.63) is 0 Å². The van der Waals surface area contributed by atoms with Gasteiger partial charge < -0.3 is 10.5 Å². The van der Waals surface area contributed by atoms with Gasteiger partial charge in [0.2, 0.25) is 0 Å². The Bertz CT molecular complexity index is 154. The molecule has 0 amide bonds. The highest BCUT2D eigenvalue weighted by Crippen LogP contribution is 2.26. The minimum Gasteiger partial charge on any atom is -0.381 e. The third-order valence-electron chi connectivity index (χ3n) is 2.27. The molecule has 1 heterocycles. The number of halogens is 3. The van der Waals surface area contributed by atoms with E-state index < -0.39 is 18.6 Å². The molecule has 0 bridgehead atoms. The van der Waals surface area contributed by atoms with Gasteiger partial charge in [-0.15, -0.1) is 0 Å². The van der Waals surface area contributed by atoms with E-state index in [1.165, 1.54) is 0 Å². The van der Waals surface area contributed by atoms with Crippen LogP contribution >= 0.6 is 0 Å². The van der Waals surface area contributed by atoms with Crippen molar-refractivity contribution >= 4 is 0 Å². The molecule has 0 aromatic carbocycles. The highest BCUT2D eigenvalue weighted by atomic mass is 19.4. The van der Waals surface area contributed by atoms with Gasteiger partial charge in [0.05, 0.1) is 13.0 Å². The number of ether oxygens (including phenoxy) is 1. The van der Waals surface area contributed by atoms with Crippen LogP contribution in [0, 0.1) is 5.92 Å². The van der Waals surface area contributed by atoms with Gasteiger partial charge in [-0.1, -0.05) is 0 Å². The summed E-state index contributed by atoms with van der Waals surface area (Å²) in [7, 11) is 0. The van der Waals surface area contributed by atoms with Gasteiger partial charge in [0.25, 0.3) is 0 Å². The lowest BCUT2D eigenvalue weighted by molar-refractivity contribution is -0.143. The van der Waals surface area contributed by atoms with E-state index in [0.29, 0.717) is 13.2 Å². The van der Waals surface area contributed by atoms with Gasteiger partial charge in [0.15, 0.2) is 0 Å². The molecule has 2 N–H and O–H groups in total. The predicted molar refractivity (Wildman–Crippen MR) is 42.2 cm³/mol. The molecule has 0 radical (unpaired) electrons. The molecule has 5 heteroatoms. The van der Waals surface area contributed by atoms with Gasteiger partial charge in [-0.05, 0) is 18.8 Å². The number of hydrogen-bond donors (Lipinski definition) is 1. The van der Waals surface area contributed by atoms with Crippen molar-refractivity contribution in [2.45, 2.75) is 31.5 Å². The molecule has 0 aliphatic carbocycles. The summed E-state index contributed by atoms with van der Waals surface area (Å²) in [4.78, 5) is 0. The van der Waals surface area contributed by atoms with Crippen LogP contribution in [0.4, 0.5) is 13.2 Å². The number of nitrogens with two attached hydrogens (primary N) is 1. The molecule has 1 aliphatic heterocycles. The number of alkyl halides is 3. The van der Waals surface area contributed by atoms with Crippen LogP contribution in [0.2, 0.25) is 0 Å². The van der Waals surface area contributed by atoms with Gasteiger partial charge in [-0.25, -0.2) is 0 Å². The van der Waals surface area contributed by atoms with E-state index in [1.807, 2.05) is 0 Å². The van der Waals surface area contributed by atoms with Crippen LogP contribution in [-0.4, -0.2) is 25.4 Å². The highest BCUT2D eigenvalue weighted by Gasteiger charge is 2.34. The molecule has 1 aliphatic rings. The Labute approximate surface area is 75.2 Å². The molecule has 2 unspecified atom stereocenters. The summed E-state index contributed by atoms with van der Waals surface area (Å²) in [5.41, 5.74) is 5.43. The Morgan fingerprint density at radius 1 is 1.46 bits per heavy atom. The Morgan fingerprint density at radius 3 is 2.62 bits per heavy atom. The summed E-state index contributed by atoms with van der Waals surface area (Å²) in [5.74, 6) is -0.129. The zero-order valence-electron chi connectivity index (χ0n) is 7.31. The second-order valence-corrected chi connectivity index (χ2v) is 3.46. The largest absolute Gasteiger partial charge is 0.390 e. The van der Waals surface area contributed by atoms with Gasteiger partial charge in [-0.2, -0.15) is 13.2 Å². The normalized spacial score (nSPS) is 27.2. The molecule has 2 atom stereocenters. The Balaban J connectivity index is 2.33. The van der Waals surface area contributed by atoms with Crippen LogP contribution in [-0.2, 0) is 4.74 Å². The van der Waals surface area contributed by atoms with Crippen LogP contribution in [0.3, 0.4) is 0 Å². The van der Waals surface area contributed by atoms with E-state index in [9.17, 15) is 13.2 Å². The van der Waals surface area contributed by atoms with Crippen LogP contribution in [0.15, 0.2) is 0 Å². The topological polar surface area (TPSA) is 35.2 Å². The van der Waals surface area contributed by atoms with Crippen molar-refractivity contribution in [1.82, 2.24) is 0 Å². The average Bonchev–Trinajstić information content (AvgIpc) is 2.03. The summed E-state index contributed by atoms with van der Waals surface area (Å²) in [6, 6.07) is -0.805. The highest BCUT2D eigenvalue weighted by molar-refractivity contribution is 4.77. The summed E-state index contributed by atoms with van der Waals surface area (Å²) in [5, 5.41) is 0. The fraction of sp³-hybridized carbons (Fsp3) is 1.00. The first-order valence-electron chi connectivity index (χ1n) is 4.39. The minimum absolute atomic E-state index is 0.129. The van der Waals surface area contributed by atoms with Crippen molar-refractivity contribution in [3.63, 3.8) is 0 Å². The maximum atomic E-state index is 11.9. The molecule has 1 saturated heterocycles. The zero-order chi connectivity index (χ0) is 9.90. The molecular weight excluding hydrogens is 183 g/mol. The van der Waals surface area contributed by atoms with Gasteiger partial charge >= 0.3 is 6.18 Å². The first-order chi connectivity index (χ1) is 5.99. The maximum Gasteiger partial charge on any atom is 0.390 e. The first kappa shape index (κ1) is 10.8. The summed E-state index contributed by atoms with van der Waals surface area (Å²) in [6.45, 7) is 1.02. The molecular formula is C8H14F3NO. The fourth-order valence-electron chi connectivity index (χ4n) is 1.54. The number of rotatable bonds is 2. The second kappa shape index (κ2) is 4.28. The van der Waals surface area contributed by atoms with Crippen LogP contribution in [0.25, 0.3) is 0 Å². The second-order valence-electron chi connectivity index (χ2n) is 3.46. The Kier molecular flexibility index (Phi) is 3.55. The average molecular weight is 197 g/mol. The van der Waals surface area contributed by atoms with Crippen molar-refractivity contribution < 1.29 is 17.9 Å². The minimum atomic E-state index is -4.16. The van der Waals surface area contributed by atoms with E-state index in [1.54, 1.807) is 0 Å². The standard InChI is InChI=1S/C8H14F3NO/c9-8(10,11)4-7(12)6-2-1-3-13-5-6/h6-7H,1-5,12H2. The lowest BCUT2D eigenvalue weighted by Gasteiger charge is -2.27. The van der Waals surface area contributed by atoms with E-state index >= 15 is 0 Å². The van der Waals surface area contributed by atoms with Crippen LogP contribution in [0.1, 0.15) is 19.3 Å². The van der Waals surface area contributed by atoms with Crippen molar-refractivity contribution in [1.29, 1.82) is 0 Å².